The number of aromatic nitrogens is 1. The summed E-state index contributed by atoms with van der Waals surface area (Å²) in [6.45, 7) is 3.87. The van der Waals surface area contributed by atoms with E-state index in [0.29, 0.717) is 11.3 Å². The van der Waals surface area contributed by atoms with Gasteiger partial charge in [-0.25, -0.2) is 9.78 Å². The highest BCUT2D eigenvalue weighted by atomic mass is 19.1. The Kier molecular flexibility index (Phi) is 5.28. The van der Waals surface area contributed by atoms with Gasteiger partial charge in [0.25, 0.3) is 0 Å². The van der Waals surface area contributed by atoms with Crippen molar-refractivity contribution in [1.82, 2.24) is 4.98 Å². The number of carbonyl (C=O) groups excluding carboxylic acids is 1. The van der Waals surface area contributed by atoms with Gasteiger partial charge in [0, 0.05) is 5.56 Å². The summed E-state index contributed by atoms with van der Waals surface area (Å²) in [4.78, 5) is 14.6. The van der Waals surface area contributed by atoms with Crippen LogP contribution in [0.3, 0.4) is 0 Å². The third kappa shape index (κ3) is 4.26. The third-order valence-corrected chi connectivity index (χ3v) is 3.53. The molecule has 0 saturated heterocycles. The van der Waals surface area contributed by atoms with Gasteiger partial charge in [-0.15, -0.1) is 0 Å². The molecule has 0 fully saturated rings. The molecule has 1 aromatic heterocycles. The Morgan fingerprint density at radius 3 is 2.65 bits per heavy atom. The van der Waals surface area contributed by atoms with Crippen LogP contribution in [0.1, 0.15) is 48.2 Å². The number of benzene rings is 1. The van der Waals surface area contributed by atoms with Crippen LogP contribution in [-0.2, 0) is 11.3 Å². The van der Waals surface area contributed by atoms with Gasteiger partial charge in [-0.2, -0.15) is 4.39 Å². The number of carbonyl (C=O) groups is 1. The fourth-order valence-corrected chi connectivity index (χ4v) is 2.26. The van der Waals surface area contributed by atoms with Crippen LogP contribution in [0.2, 0.25) is 0 Å². The van der Waals surface area contributed by atoms with Gasteiger partial charge in [-0.05, 0) is 23.1 Å². The molecule has 2 rings (SSSR count). The quantitative estimate of drug-likeness (QED) is 0.829. The lowest BCUT2D eigenvalue weighted by molar-refractivity contribution is 0.150. The molecule has 1 atom stereocenters. The normalized spacial score (nSPS) is 12.2. The molecule has 0 aliphatic carbocycles. The maximum absolute atomic E-state index is 14.0. The van der Waals surface area contributed by atoms with Crippen LogP contribution in [-0.4, -0.2) is 11.1 Å². The van der Waals surface area contributed by atoms with Crippen LogP contribution in [0.4, 0.5) is 9.18 Å². The van der Waals surface area contributed by atoms with Gasteiger partial charge in [0.05, 0.1) is 11.7 Å². The van der Waals surface area contributed by atoms with Crippen molar-refractivity contribution in [3.8, 4) is 0 Å². The maximum Gasteiger partial charge on any atom is 0.404 e. The molecule has 122 valence electrons. The summed E-state index contributed by atoms with van der Waals surface area (Å²) < 4.78 is 18.8. The first-order chi connectivity index (χ1) is 10.9. The van der Waals surface area contributed by atoms with Gasteiger partial charge >= 0.3 is 6.09 Å². The summed E-state index contributed by atoms with van der Waals surface area (Å²) in [6, 6.07) is 10.0. The minimum absolute atomic E-state index is 0.0575. The number of halogens is 1. The van der Waals surface area contributed by atoms with Crippen LogP contribution < -0.4 is 11.5 Å². The van der Waals surface area contributed by atoms with Crippen molar-refractivity contribution >= 4 is 6.09 Å². The Hall–Kier alpha value is -2.47. The summed E-state index contributed by atoms with van der Waals surface area (Å²) >= 11 is 0. The summed E-state index contributed by atoms with van der Waals surface area (Å²) in [5.41, 5.74) is 13.6. The molecule has 0 bridgehead atoms. The predicted octanol–water partition coefficient (Wildman–Crippen LogP) is 2.99. The maximum atomic E-state index is 14.0. The topological polar surface area (TPSA) is 91.2 Å². The van der Waals surface area contributed by atoms with Crippen molar-refractivity contribution in [3.63, 3.8) is 0 Å². The number of pyridine rings is 1. The average molecular weight is 317 g/mol. The van der Waals surface area contributed by atoms with Crippen molar-refractivity contribution in [2.75, 3.05) is 0 Å². The molecule has 2 aromatic rings. The number of ether oxygens (including phenoxy) is 1. The molecule has 23 heavy (non-hydrogen) atoms. The van der Waals surface area contributed by atoms with E-state index in [-0.39, 0.29) is 12.5 Å². The lowest BCUT2D eigenvalue weighted by atomic mass is 9.99. The third-order valence-electron chi connectivity index (χ3n) is 3.53. The SMILES string of the molecule is CC(C)c1ccc(C(N)c2cccc(COC(N)=O)c2)nc1F. The van der Waals surface area contributed by atoms with Crippen LogP contribution in [0.15, 0.2) is 36.4 Å². The lowest BCUT2D eigenvalue weighted by Gasteiger charge is -2.15. The van der Waals surface area contributed by atoms with E-state index in [1.807, 2.05) is 19.9 Å². The predicted molar refractivity (Wildman–Crippen MR) is 85.1 cm³/mol. The van der Waals surface area contributed by atoms with Crippen molar-refractivity contribution in [2.24, 2.45) is 11.5 Å². The van der Waals surface area contributed by atoms with E-state index in [4.69, 9.17) is 16.2 Å². The van der Waals surface area contributed by atoms with E-state index in [9.17, 15) is 9.18 Å². The number of nitrogens with zero attached hydrogens (tertiary/aromatic N) is 1. The zero-order valence-electron chi connectivity index (χ0n) is 13.1. The van der Waals surface area contributed by atoms with Crippen LogP contribution in [0.25, 0.3) is 0 Å². The van der Waals surface area contributed by atoms with Gasteiger partial charge in [0.15, 0.2) is 0 Å². The smallest absolute Gasteiger partial charge is 0.404 e. The fraction of sp³-hybridized carbons (Fsp3) is 0.294. The Morgan fingerprint density at radius 2 is 2.04 bits per heavy atom. The number of nitrogens with two attached hydrogens (primary N) is 2. The number of primary amides is 1. The lowest BCUT2D eigenvalue weighted by Crippen LogP contribution is -2.16. The zero-order chi connectivity index (χ0) is 17.0. The van der Waals surface area contributed by atoms with E-state index in [0.717, 1.165) is 11.1 Å². The van der Waals surface area contributed by atoms with E-state index < -0.39 is 18.1 Å². The highest BCUT2D eigenvalue weighted by Gasteiger charge is 2.15. The molecule has 0 radical (unpaired) electrons. The minimum atomic E-state index is -0.840. The summed E-state index contributed by atoms with van der Waals surface area (Å²) in [5.74, 6) is -0.441. The van der Waals surface area contributed by atoms with Crippen LogP contribution in [0, 0.1) is 5.95 Å². The summed E-state index contributed by atoms with van der Waals surface area (Å²) in [6.07, 6.45) is -0.840. The second-order valence-electron chi connectivity index (χ2n) is 5.60. The molecular weight excluding hydrogens is 297 g/mol. The van der Waals surface area contributed by atoms with Gasteiger partial charge in [0.2, 0.25) is 5.95 Å². The summed E-state index contributed by atoms with van der Waals surface area (Å²) in [5, 5.41) is 0. The van der Waals surface area contributed by atoms with Gasteiger partial charge < -0.3 is 16.2 Å². The molecule has 1 heterocycles. The monoisotopic (exact) mass is 317 g/mol. The highest BCUT2D eigenvalue weighted by molar-refractivity contribution is 5.64. The van der Waals surface area contributed by atoms with E-state index in [1.54, 1.807) is 30.3 Å². The van der Waals surface area contributed by atoms with E-state index in [1.165, 1.54) is 0 Å². The average Bonchev–Trinajstić information content (AvgIpc) is 2.52. The number of rotatable bonds is 5. The summed E-state index contributed by atoms with van der Waals surface area (Å²) in [7, 11) is 0. The molecule has 0 spiro atoms. The zero-order valence-corrected chi connectivity index (χ0v) is 13.1. The first-order valence-corrected chi connectivity index (χ1v) is 7.31. The Morgan fingerprint density at radius 1 is 1.30 bits per heavy atom. The van der Waals surface area contributed by atoms with Crippen molar-refractivity contribution in [2.45, 2.75) is 32.4 Å². The van der Waals surface area contributed by atoms with Crippen LogP contribution >= 0.6 is 0 Å². The van der Waals surface area contributed by atoms with Crippen molar-refractivity contribution in [3.05, 3.63) is 64.7 Å². The van der Waals surface area contributed by atoms with E-state index >= 15 is 0 Å². The number of hydrogen-bond acceptors (Lipinski definition) is 4. The number of amides is 1. The standard InChI is InChI=1S/C17H20FN3O2/c1-10(2)13-6-7-14(21-16(13)18)15(19)12-5-3-4-11(8-12)9-23-17(20)22/h3-8,10,15H,9,19H2,1-2H3,(H2,20,22). The Labute approximate surface area is 134 Å². The molecule has 1 amide bonds. The van der Waals surface area contributed by atoms with Crippen molar-refractivity contribution < 1.29 is 13.9 Å². The van der Waals surface area contributed by atoms with Crippen LogP contribution in [0.5, 0.6) is 0 Å². The molecular formula is C17H20FN3O2. The fourth-order valence-electron chi connectivity index (χ4n) is 2.26. The largest absolute Gasteiger partial charge is 0.445 e. The molecule has 0 saturated carbocycles. The molecule has 5 nitrogen and oxygen atoms in total. The molecule has 0 aliphatic rings. The Bertz CT molecular complexity index is 704. The molecule has 6 heteroatoms. The Balaban J connectivity index is 2.23. The van der Waals surface area contributed by atoms with Gasteiger partial charge in [-0.3, -0.25) is 0 Å². The highest BCUT2D eigenvalue weighted by Crippen LogP contribution is 2.23. The van der Waals surface area contributed by atoms with E-state index in [2.05, 4.69) is 4.98 Å². The first kappa shape index (κ1) is 16.9. The molecule has 1 unspecified atom stereocenters. The van der Waals surface area contributed by atoms with Gasteiger partial charge in [0.1, 0.15) is 6.61 Å². The second kappa shape index (κ2) is 7.19. The molecule has 4 N–H and O–H groups in total. The molecule has 0 aliphatic heterocycles. The first-order valence-electron chi connectivity index (χ1n) is 7.31. The number of hydrogen-bond donors (Lipinski definition) is 2. The second-order valence-corrected chi connectivity index (χ2v) is 5.60. The molecule has 1 aromatic carbocycles. The van der Waals surface area contributed by atoms with Gasteiger partial charge in [-0.1, -0.05) is 44.2 Å². The minimum Gasteiger partial charge on any atom is -0.445 e. The van der Waals surface area contributed by atoms with Crippen molar-refractivity contribution in [1.29, 1.82) is 0 Å².